The molecule has 0 aromatic rings. The van der Waals surface area contributed by atoms with Gasteiger partial charge in [0.2, 0.25) is 5.91 Å². The minimum Gasteiger partial charge on any atom is -0.465 e. The molecule has 0 aromatic carbocycles. The van der Waals surface area contributed by atoms with E-state index in [2.05, 4.69) is 10.6 Å². The summed E-state index contributed by atoms with van der Waals surface area (Å²) >= 11 is 0. The monoisotopic (exact) mass is 216 g/mol. The fraction of sp³-hybridized carbons (Fsp3) is 0.667. The van der Waals surface area contributed by atoms with Crippen molar-refractivity contribution in [2.45, 2.75) is 20.3 Å². The minimum atomic E-state index is -1.17. The summed E-state index contributed by atoms with van der Waals surface area (Å²) in [6.07, 6.45) is -1.13. The molecule has 0 atom stereocenters. The lowest BCUT2D eigenvalue weighted by Gasteiger charge is -2.06. The van der Waals surface area contributed by atoms with E-state index in [1.165, 1.54) is 0 Å². The molecule has 0 saturated carbocycles. The Morgan fingerprint density at radius 1 is 1.20 bits per heavy atom. The van der Waals surface area contributed by atoms with Gasteiger partial charge >= 0.3 is 6.09 Å². The van der Waals surface area contributed by atoms with Gasteiger partial charge in [-0.1, -0.05) is 13.8 Å². The SMILES string of the molecule is CC(C)C(=O)CNC(=O)CCNC(=O)O. The van der Waals surface area contributed by atoms with Crippen molar-refractivity contribution in [2.24, 2.45) is 5.92 Å². The van der Waals surface area contributed by atoms with Crippen LogP contribution < -0.4 is 10.6 Å². The van der Waals surface area contributed by atoms with Crippen LogP contribution in [0.5, 0.6) is 0 Å². The van der Waals surface area contributed by atoms with Crippen molar-refractivity contribution in [3.63, 3.8) is 0 Å². The number of carboxylic acid groups (broad SMARTS) is 1. The highest BCUT2D eigenvalue weighted by Gasteiger charge is 2.08. The van der Waals surface area contributed by atoms with Crippen LogP contribution >= 0.6 is 0 Å². The summed E-state index contributed by atoms with van der Waals surface area (Å²) in [4.78, 5) is 32.2. The number of carbonyl (C=O) groups excluding carboxylic acids is 2. The van der Waals surface area contributed by atoms with Crippen molar-refractivity contribution in [3.05, 3.63) is 0 Å². The number of rotatable bonds is 6. The standard InChI is InChI=1S/C9H16N2O4/c1-6(2)7(12)5-11-8(13)3-4-10-9(14)15/h6,10H,3-5H2,1-2H3,(H,11,13)(H,14,15). The topological polar surface area (TPSA) is 95.5 Å². The van der Waals surface area contributed by atoms with Gasteiger partial charge in [-0.25, -0.2) is 4.79 Å². The number of ketones is 1. The number of nitrogens with one attached hydrogen (secondary N) is 2. The zero-order valence-corrected chi connectivity index (χ0v) is 8.87. The van der Waals surface area contributed by atoms with Crippen molar-refractivity contribution < 1.29 is 19.5 Å². The Labute approximate surface area is 88.0 Å². The maximum Gasteiger partial charge on any atom is 0.404 e. The van der Waals surface area contributed by atoms with Gasteiger partial charge in [0.25, 0.3) is 0 Å². The maximum atomic E-state index is 11.1. The van der Waals surface area contributed by atoms with E-state index in [4.69, 9.17) is 5.11 Å². The van der Waals surface area contributed by atoms with E-state index < -0.39 is 6.09 Å². The van der Waals surface area contributed by atoms with Crippen molar-refractivity contribution >= 4 is 17.8 Å². The predicted octanol–water partition coefficient (Wildman–Crippen LogP) is -0.0146. The van der Waals surface area contributed by atoms with Crippen LogP contribution in [0, 0.1) is 5.92 Å². The van der Waals surface area contributed by atoms with Gasteiger partial charge < -0.3 is 15.7 Å². The van der Waals surface area contributed by atoms with Gasteiger partial charge in [0.15, 0.2) is 5.78 Å². The second-order valence-electron chi connectivity index (χ2n) is 3.38. The summed E-state index contributed by atoms with van der Waals surface area (Å²) in [5.74, 6) is -0.491. The molecular weight excluding hydrogens is 200 g/mol. The minimum absolute atomic E-state index is 0.00354. The van der Waals surface area contributed by atoms with Crippen molar-refractivity contribution in [1.82, 2.24) is 10.6 Å². The molecule has 0 rings (SSSR count). The fourth-order valence-corrected chi connectivity index (χ4v) is 0.761. The number of hydrogen-bond donors (Lipinski definition) is 3. The first-order valence-corrected chi connectivity index (χ1v) is 4.69. The molecule has 0 fully saturated rings. The molecule has 0 aliphatic carbocycles. The van der Waals surface area contributed by atoms with Crippen LogP contribution in [-0.2, 0) is 9.59 Å². The molecule has 0 bridgehead atoms. The normalized spacial score (nSPS) is 9.80. The molecule has 6 heteroatoms. The van der Waals surface area contributed by atoms with Gasteiger partial charge in [-0.05, 0) is 0 Å². The van der Waals surface area contributed by atoms with E-state index in [-0.39, 0.29) is 37.1 Å². The first-order valence-electron chi connectivity index (χ1n) is 4.69. The highest BCUT2D eigenvalue weighted by molar-refractivity contribution is 5.87. The Morgan fingerprint density at radius 3 is 2.27 bits per heavy atom. The fourth-order valence-electron chi connectivity index (χ4n) is 0.761. The predicted molar refractivity (Wildman–Crippen MR) is 53.5 cm³/mol. The third-order valence-corrected chi connectivity index (χ3v) is 1.73. The molecule has 0 saturated heterocycles. The zero-order chi connectivity index (χ0) is 11.8. The number of carbonyl (C=O) groups is 3. The lowest BCUT2D eigenvalue weighted by Crippen LogP contribution is -2.34. The number of hydrogen-bond acceptors (Lipinski definition) is 3. The zero-order valence-electron chi connectivity index (χ0n) is 8.87. The molecule has 6 nitrogen and oxygen atoms in total. The van der Waals surface area contributed by atoms with Gasteiger partial charge in [0.1, 0.15) is 0 Å². The van der Waals surface area contributed by atoms with Crippen LogP contribution in [0.4, 0.5) is 4.79 Å². The molecule has 86 valence electrons. The lowest BCUT2D eigenvalue weighted by atomic mass is 10.1. The second-order valence-corrected chi connectivity index (χ2v) is 3.38. The first-order chi connectivity index (χ1) is 6.93. The van der Waals surface area contributed by atoms with Crippen molar-refractivity contribution in [2.75, 3.05) is 13.1 Å². The van der Waals surface area contributed by atoms with E-state index in [1.807, 2.05) is 0 Å². The molecule has 0 spiro atoms. The lowest BCUT2D eigenvalue weighted by molar-refractivity contribution is -0.126. The molecular formula is C9H16N2O4. The van der Waals surface area contributed by atoms with E-state index in [1.54, 1.807) is 13.8 Å². The average molecular weight is 216 g/mol. The number of amides is 2. The Morgan fingerprint density at radius 2 is 1.80 bits per heavy atom. The van der Waals surface area contributed by atoms with Gasteiger partial charge in [-0.3, -0.25) is 9.59 Å². The summed E-state index contributed by atoms with van der Waals surface area (Å²) in [5.41, 5.74) is 0. The molecule has 0 unspecified atom stereocenters. The van der Waals surface area contributed by atoms with Crippen LogP contribution in [0.2, 0.25) is 0 Å². The van der Waals surface area contributed by atoms with E-state index >= 15 is 0 Å². The van der Waals surface area contributed by atoms with Crippen LogP contribution in [0.1, 0.15) is 20.3 Å². The van der Waals surface area contributed by atoms with Crippen LogP contribution in [-0.4, -0.2) is 36.0 Å². The molecule has 0 aromatic heterocycles. The summed E-state index contributed by atoms with van der Waals surface area (Å²) in [7, 11) is 0. The summed E-state index contributed by atoms with van der Waals surface area (Å²) in [6, 6.07) is 0. The highest BCUT2D eigenvalue weighted by Crippen LogP contribution is 1.92. The molecule has 0 radical (unpaired) electrons. The molecule has 0 heterocycles. The molecule has 3 N–H and O–H groups in total. The van der Waals surface area contributed by atoms with Crippen LogP contribution in [0.25, 0.3) is 0 Å². The van der Waals surface area contributed by atoms with Crippen molar-refractivity contribution in [1.29, 1.82) is 0 Å². The summed E-state index contributed by atoms with van der Waals surface area (Å²) in [5, 5.41) is 12.7. The Hall–Kier alpha value is -1.59. The van der Waals surface area contributed by atoms with E-state index in [0.29, 0.717) is 0 Å². The summed E-state index contributed by atoms with van der Waals surface area (Å²) < 4.78 is 0. The number of Topliss-reactive ketones (excluding diaryl/α,β-unsaturated/α-hetero) is 1. The van der Waals surface area contributed by atoms with Gasteiger partial charge in [0.05, 0.1) is 6.54 Å². The van der Waals surface area contributed by atoms with E-state index in [0.717, 1.165) is 0 Å². The van der Waals surface area contributed by atoms with Gasteiger partial charge in [0, 0.05) is 18.9 Å². The smallest absolute Gasteiger partial charge is 0.404 e. The molecule has 2 amide bonds. The third-order valence-electron chi connectivity index (χ3n) is 1.73. The van der Waals surface area contributed by atoms with Crippen molar-refractivity contribution in [3.8, 4) is 0 Å². The average Bonchev–Trinajstić information content (AvgIpc) is 2.13. The van der Waals surface area contributed by atoms with E-state index in [9.17, 15) is 14.4 Å². The second kappa shape index (κ2) is 6.80. The molecule has 0 aliphatic heterocycles. The summed E-state index contributed by atoms with van der Waals surface area (Å²) in [6.45, 7) is 3.56. The maximum absolute atomic E-state index is 11.1. The Bertz CT molecular complexity index is 250. The van der Waals surface area contributed by atoms with Gasteiger partial charge in [-0.15, -0.1) is 0 Å². The van der Waals surface area contributed by atoms with Crippen LogP contribution in [0.3, 0.4) is 0 Å². The third kappa shape index (κ3) is 7.48. The Balaban J connectivity index is 3.58. The quantitative estimate of drug-likeness (QED) is 0.581. The Kier molecular flexibility index (Phi) is 6.08. The molecule has 15 heavy (non-hydrogen) atoms. The first kappa shape index (κ1) is 13.4. The van der Waals surface area contributed by atoms with Crippen LogP contribution in [0.15, 0.2) is 0 Å². The largest absolute Gasteiger partial charge is 0.465 e. The molecule has 0 aliphatic rings. The van der Waals surface area contributed by atoms with Gasteiger partial charge in [-0.2, -0.15) is 0 Å². The highest BCUT2D eigenvalue weighted by atomic mass is 16.4.